The van der Waals surface area contributed by atoms with Gasteiger partial charge in [0.15, 0.2) is 0 Å². The van der Waals surface area contributed by atoms with Crippen molar-refractivity contribution in [1.29, 1.82) is 0 Å². The number of pyridine rings is 1. The molecule has 22 heavy (non-hydrogen) atoms. The van der Waals surface area contributed by atoms with Gasteiger partial charge >= 0.3 is 0 Å². The van der Waals surface area contributed by atoms with Crippen LogP contribution in [0.1, 0.15) is 12.0 Å². The van der Waals surface area contributed by atoms with E-state index < -0.39 is 0 Å². The van der Waals surface area contributed by atoms with Crippen molar-refractivity contribution in [1.82, 2.24) is 4.98 Å². The molecule has 4 rings (SSSR count). The summed E-state index contributed by atoms with van der Waals surface area (Å²) in [5, 5.41) is 3.66. The van der Waals surface area contributed by atoms with Gasteiger partial charge in [0.2, 0.25) is 5.91 Å². The molecule has 3 aromatic rings. The smallest absolute Gasteiger partial charge is 0.224 e. The van der Waals surface area contributed by atoms with E-state index in [0.29, 0.717) is 6.42 Å². The van der Waals surface area contributed by atoms with Gasteiger partial charge in [0.1, 0.15) is 5.82 Å². The Morgan fingerprint density at radius 2 is 1.91 bits per heavy atom. The third kappa shape index (κ3) is 2.22. The summed E-state index contributed by atoms with van der Waals surface area (Å²) in [6.07, 6.45) is 1.26. The van der Waals surface area contributed by atoms with Crippen molar-refractivity contribution in [3.8, 4) is 11.3 Å². The molecule has 0 fully saturated rings. The minimum Gasteiger partial charge on any atom is -0.326 e. The van der Waals surface area contributed by atoms with Crippen molar-refractivity contribution >= 4 is 22.5 Å². The molecule has 0 atom stereocenters. The Morgan fingerprint density at radius 1 is 1.00 bits per heavy atom. The lowest BCUT2D eigenvalue weighted by Gasteiger charge is -2.17. The van der Waals surface area contributed by atoms with Crippen molar-refractivity contribution in [3.05, 3.63) is 59.9 Å². The van der Waals surface area contributed by atoms with Crippen molar-refractivity contribution in [2.75, 3.05) is 5.32 Å². The fraction of sp³-hybridized carbons (Fsp3) is 0.111. The van der Waals surface area contributed by atoms with Crippen molar-refractivity contribution in [3.63, 3.8) is 0 Å². The Morgan fingerprint density at radius 3 is 2.82 bits per heavy atom. The molecule has 4 heteroatoms. The van der Waals surface area contributed by atoms with Gasteiger partial charge in [-0.05, 0) is 48.4 Å². The van der Waals surface area contributed by atoms with E-state index in [9.17, 15) is 9.18 Å². The minimum atomic E-state index is -0.258. The molecule has 1 N–H and O–H groups in total. The second-order valence-electron chi connectivity index (χ2n) is 5.45. The Hall–Kier alpha value is -2.75. The van der Waals surface area contributed by atoms with Gasteiger partial charge in [0.05, 0.1) is 11.2 Å². The van der Waals surface area contributed by atoms with E-state index in [4.69, 9.17) is 0 Å². The summed E-state index contributed by atoms with van der Waals surface area (Å²) >= 11 is 0. The number of aromatic nitrogens is 1. The number of hydrogen-bond donors (Lipinski definition) is 1. The minimum absolute atomic E-state index is 0.0612. The molecule has 0 bridgehead atoms. The molecule has 0 saturated carbocycles. The molecule has 2 heterocycles. The number of carbonyl (C=O) groups excluding carboxylic acids is 1. The van der Waals surface area contributed by atoms with Gasteiger partial charge in [-0.2, -0.15) is 0 Å². The molecule has 3 nitrogen and oxygen atoms in total. The Labute approximate surface area is 126 Å². The topological polar surface area (TPSA) is 42.0 Å². The monoisotopic (exact) mass is 292 g/mol. The van der Waals surface area contributed by atoms with Crippen LogP contribution in [0, 0.1) is 5.82 Å². The number of carbonyl (C=O) groups is 1. The summed E-state index contributed by atoms with van der Waals surface area (Å²) < 4.78 is 13.2. The molecule has 1 amide bonds. The number of benzene rings is 2. The molecule has 0 radical (unpaired) electrons. The highest BCUT2D eigenvalue weighted by Crippen LogP contribution is 2.28. The van der Waals surface area contributed by atoms with Gasteiger partial charge < -0.3 is 5.32 Å². The Kier molecular flexibility index (Phi) is 2.89. The predicted molar refractivity (Wildman–Crippen MR) is 84.1 cm³/mol. The van der Waals surface area contributed by atoms with Crippen molar-refractivity contribution in [2.45, 2.75) is 12.8 Å². The van der Waals surface area contributed by atoms with Gasteiger partial charge in [0.25, 0.3) is 0 Å². The highest BCUT2D eigenvalue weighted by atomic mass is 19.1. The fourth-order valence-corrected chi connectivity index (χ4v) is 2.80. The zero-order valence-electron chi connectivity index (χ0n) is 11.8. The third-order valence-electron chi connectivity index (χ3n) is 3.95. The maximum Gasteiger partial charge on any atom is 0.224 e. The first-order chi connectivity index (χ1) is 10.7. The normalized spacial score (nSPS) is 13.8. The molecule has 0 aliphatic carbocycles. The fourth-order valence-electron chi connectivity index (χ4n) is 2.80. The second kappa shape index (κ2) is 4.91. The van der Waals surface area contributed by atoms with Gasteiger partial charge in [-0.25, -0.2) is 9.37 Å². The number of halogens is 1. The van der Waals surface area contributed by atoms with Crippen LogP contribution in [-0.4, -0.2) is 10.9 Å². The van der Waals surface area contributed by atoms with Crippen molar-refractivity contribution < 1.29 is 9.18 Å². The largest absolute Gasteiger partial charge is 0.326 e. The first-order valence-corrected chi connectivity index (χ1v) is 7.18. The lowest BCUT2D eigenvalue weighted by molar-refractivity contribution is -0.116. The number of rotatable bonds is 1. The average Bonchev–Trinajstić information content (AvgIpc) is 2.54. The second-order valence-corrected chi connectivity index (χ2v) is 5.45. The molecular weight excluding hydrogens is 279 g/mol. The first kappa shape index (κ1) is 13.0. The van der Waals surface area contributed by atoms with Crippen molar-refractivity contribution in [2.24, 2.45) is 0 Å². The van der Waals surface area contributed by atoms with Gasteiger partial charge in [-0.1, -0.05) is 12.1 Å². The van der Waals surface area contributed by atoms with E-state index in [2.05, 4.69) is 16.4 Å². The molecular formula is C18H13FN2O. The average molecular weight is 292 g/mol. The number of aryl methyl sites for hydroxylation is 1. The van der Waals surface area contributed by atoms with E-state index in [1.807, 2.05) is 24.3 Å². The Bertz CT molecular complexity index is 905. The SMILES string of the molecule is O=C1CCc2cc(-c3ccc4cc(F)ccc4n3)ccc2N1. The highest BCUT2D eigenvalue weighted by molar-refractivity contribution is 5.94. The lowest BCUT2D eigenvalue weighted by atomic mass is 9.99. The number of nitrogens with zero attached hydrogens (tertiary/aromatic N) is 1. The van der Waals surface area contributed by atoms with Crippen LogP contribution in [-0.2, 0) is 11.2 Å². The number of amides is 1. The number of fused-ring (bicyclic) bond motifs is 2. The Balaban J connectivity index is 1.78. The van der Waals surface area contributed by atoms with Gasteiger partial charge in [0, 0.05) is 23.1 Å². The molecule has 1 aliphatic heterocycles. The van der Waals surface area contributed by atoms with E-state index in [0.717, 1.165) is 39.8 Å². The first-order valence-electron chi connectivity index (χ1n) is 7.18. The molecule has 1 aromatic heterocycles. The van der Waals surface area contributed by atoms with Crippen LogP contribution in [0.2, 0.25) is 0 Å². The van der Waals surface area contributed by atoms with Gasteiger partial charge in [-0.15, -0.1) is 0 Å². The summed E-state index contributed by atoms with van der Waals surface area (Å²) in [7, 11) is 0. The van der Waals surface area contributed by atoms with Crippen LogP contribution in [0.25, 0.3) is 22.2 Å². The van der Waals surface area contributed by atoms with E-state index in [1.165, 1.54) is 12.1 Å². The van der Waals surface area contributed by atoms with E-state index >= 15 is 0 Å². The van der Waals surface area contributed by atoms with Crippen LogP contribution in [0.3, 0.4) is 0 Å². The van der Waals surface area contributed by atoms with E-state index in [-0.39, 0.29) is 11.7 Å². The molecule has 1 aliphatic rings. The molecule has 2 aromatic carbocycles. The molecule has 108 valence electrons. The summed E-state index contributed by atoms with van der Waals surface area (Å²) in [6, 6.07) is 14.3. The van der Waals surface area contributed by atoms with E-state index in [1.54, 1.807) is 6.07 Å². The summed E-state index contributed by atoms with van der Waals surface area (Å²) in [5.74, 6) is -0.197. The van der Waals surface area contributed by atoms with Crippen LogP contribution in [0.15, 0.2) is 48.5 Å². The zero-order chi connectivity index (χ0) is 15.1. The van der Waals surface area contributed by atoms with Crippen LogP contribution in [0.4, 0.5) is 10.1 Å². The summed E-state index contributed by atoms with van der Waals surface area (Å²) in [5.41, 5.74) is 4.62. The molecule has 0 unspecified atom stereocenters. The van der Waals surface area contributed by atoms with Crippen LogP contribution in [0.5, 0.6) is 0 Å². The maximum atomic E-state index is 13.2. The highest BCUT2D eigenvalue weighted by Gasteiger charge is 2.15. The number of nitrogens with one attached hydrogen (secondary N) is 1. The molecule has 0 spiro atoms. The third-order valence-corrected chi connectivity index (χ3v) is 3.95. The van der Waals surface area contributed by atoms with Gasteiger partial charge in [-0.3, -0.25) is 4.79 Å². The van der Waals surface area contributed by atoms with Crippen LogP contribution >= 0.6 is 0 Å². The lowest BCUT2D eigenvalue weighted by Crippen LogP contribution is -2.18. The standard InChI is InChI=1S/C18H13FN2O/c19-14-4-7-16-13(10-14)2-5-15(20-16)11-1-6-17-12(9-11)3-8-18(22)21-17/h1-2,4-7,9-10H,3,8H2,(H,21,22). The number of hydrogen-bond acceptors (Lipinski definition) is 2. The zero-order valence-corrected chi connectivity index (χ0v) is 11.8. The maximum absolute atomic E-state index is 13.2. The predicted octanol–water partition coefficient (Wildman–Crippen LogP) is 3.93. The summed E-state index contributed by atoms with van der Waals surface area (Å²) in [6.45, 7) is 0. The quantitative estimate of drug-likeness (QED) is 0.738. The summed E-state index contributed by atoms with van der Waals surface area (Å²) in [4.78, 5) is 16.0. The van der Waals surface area contributed by atoms with Crippen LogP contribution < -0.4 is 5.32 Å². The number of anilines is 1. The molecule has 0 saturated heterocycles.